The number of ether oxygens (including phenoxy) is 1. The van der Waals surface area contributed by atoms with Crippen molar-refractivity contribution in [2.45, 2.75) is 33.1 Å². The van der Waals surface area contributed by atoms with Crippen molar-refractivity contribution in [3.8, 4) is 6.07 Å². The highest BCUT2D eigenvalue weighted by atomic mass is 16.6. The molecule has 1 atom stereocenters. The molecule has 0 fully saturated rings. The summed E-state index contributed by atoms with van der Waals surface area (Å²) in [6.07, 6.45) is 1.80. The second-order valence-electron chi connectivity index (χ2n) is 6.58. The number of carbonyl (C=O) groups is 1. The highest BCUT2D eigenvalue weighted by Crippen LogP contribution is 2.19. The van der Waals surface area contributed by atoms with Crippen molar-refractivity contribution in [1.29, 1.82) is 5.26 Å². The summed E-state index contributed by atoms with van der Waals surface area (Å²) >= 11 is 0. The first kappa shape index (κ1) is 20.2. The second-order valence-corrected chi connectivity index (χ2v) is 6.58. The molecule has 1 aromatic carbocycles. The summed E-state index contributed by atoms with van der Waals surface area (Å²) in [7, 11) is 0. The van der Waals surface area contributed by atoms with E-state index >= 15 is 0 Å². The van der Waals surface area contributed by atoms with Gasteiger partial charge in [0.2, 0.25) is 5.82 Å². The Balaban J connectivity index is 2.02. The number of hydrogen-bond donors (Lipinski definition) is 1. The minimum atomic E-state index is -0.554. The molecule has 1 amide bonds. The van der Waals surface area contributed by atoms with Gasteiger partial charge in [-0.05, 0) is 17.9 Å². The smallest absolute Gasteiger partial charge is 0.426 e. The van der Waals surface area contributed by atoms with Crippen molar-refractivity contribution < 1.29 is 9.53 Å². The van der Waals surface area contributed by atoms with Crippen LogP contribution in [0.25, 0.3) is 0 Å². The van der Waals surface area contributed by atoms with Crippen molar-refractivity contribution in [2.24, 2.45) is 5.92 Å². The van der Waals surface area contributed by atoms with Gasteiger partial charge in [-0.1, -0.05) is 51.1 Å². The molecular formula is C20H25N5O2. The number of nitrogens with one attached hydrogen (secondary N) is 1. The van der Waals surface area contributed by atoms with Gasteiger partial charge < -0.3 is 4.74 Å². The van der Waals surface area contributed by atoms with Gasteiger partial charge in [0.05, 0.1) is 0 Å². The monoisotopic (exact) mass is 367 g/mol. The predicted molar refractivity (Wildman–Crippen MR) is 103 cm³/mol. The number of carbonyl (C=O) groups excluding carboxylic acids is 1. The SMILES string of the molecule is CCC(COC(=O)NN(CC(C)C)c1ccnc(C#N)n1)c1ccccc1. The molecule has 1 heterocycles. The Morgan fingerprint density at radius 3 is 2.67 bits per heavy atom. The molecule has 7 heteroatoms. The lowest BCUT2D eigenvalue weighted by molar-refractivity contribution is 0.136. The van der Waals surface area contributed by atoms with Crippen molar-refractivity contribution in [2.75, 3.05) is 18.2 Å². The Labute approximate surface area is 160 Å². The number of anilines is 1. The van der Waals surface area contributed by atoms with Gasteiger partial charge in [0.25, 0.3) is 0 Å². The van der Waals surface area contributed by atoms with E-state index < -0.39 is 6.09 Å². The molecule has 7 nitrogen and oxygen atoms in total. The average molecular weight is 367 g/mol. The minimum absolute atomic E-state index is 0.0477. The quantitative estimate of drug-likeness (QED) is 0.716. The molecule has 0 bridgehead atoms. The predicted octanol–water partition coefficient (Wildman–Crippen LogP) is 3.65. The maximum Gasteiger partial charge on any atom is 0.426 e. The van der Waals surface area contributed by atoms with Gasteiger partial charge in [-0.3, -0.25) is 5.01 Å². The van der Waals surface area contributed by atoms with Crippen LogP contribution in [0.4, 0.5) is 10.6 Å². The number of hydrazine groups is 1. The van der Waals surface area contributed by atoms with Crippen LogP contribution in [0.2, 0.25) is 0 Å². The number of nitriles is 1. The van der Waals surface area contributed by atoms with E-state index in [9.17, 15) is 4.79 Å². The van der Waals surface area contributed by atoms with Gasteiger partial charge in [0, 0.05) is 24.7 Å². The van der Waals surface area contributed by atoms with Crippen molar-refractivity contribution in [3.05, 3.63) is 54.0 Å². The van der Waals surface area contributed by atoms with E-state index in [0.717, 1.165) is 12.0 Å². The Bertz CT molecular complexity index is 773. The molecule has 0 saturated carbocycles. The minimum Gasteiger partial charge on any atom is -0.448 e. The molecule has 2 aromatic rings. The van der Waals surface area contributed by atoms with Gasteiger partial charge in [-0.2, -0.15) is 10.2 Å². The van der Waals surface area contributed by atoms with E-state index in [1.807, 2.05) is 50.2 Å². The fourth-order valence-electron chi connectivity index (χ4n) is 2.61. The number of rotatable bonds is 8. The van der Waals surface area contributed by atoms with Crippen LogP contribution < -0.4 is 10.4 Å². The molecule has 142 valence electrons. The lowest BCUT2D eigenvalue weighted by Crippen LogP contribution is -2.45. The lowest BCUT2D eigenvalue weighted by Gasteiger charge is -2.26. The number of nitrogens with zero attached hydrogens (tertiary/aromatic N) is 4. The summed E-state index contributed by atoms with van der Waals surface area (Å²) in [5.41, 5.74) is 3.86. The van der Waals surface area contributed by atoms with E-state index in [0.29, 0.717) is 12.4 Å². The van der Waals surface area contributed by atoms with Gasteiger partial charge >= 0.3 is 6.09 Å². The maximum atomic E-state index is 12.3. The fraction of sp³-hybridized carbons (Fsp3) is 0.400. The van der Waals surface area contributed by atoms with Crippen molar-refractivity contribution in [3.63, 3.8) is 0 Å². The summed E-state index contributed by atoms with van der Waals surface area (Å²) < 4.78 is 5.44. The van der Waals surface area contributed by atoms with E-state index in [-0.39, 0.29) is 24.3 Å². The summed E-state index contributed by atoms with van der Waals surface area (Å²) in [6, 6.07) is 13.5. The zero-order chi connectivity index (χ0) is 19.6. The van der Waals surface area contributed by atoms with E-state index in [1.165, 1.54) is 6.20 Å². The molecule has 27 heavy (non-hydrogen) atoms. The summed E-state index contributed by atoms with van der Waals surface area (Å²) in [4.78, 5) is 20.3. The zero-order valence-corrected chi connectivity index (χ0v) is 15.9. The number of amides is 1. The van der Waals surface area contributed by atoms with Gasteiger partial charge in [-0.15, -0.1) is 0 Å². The molecule has 1 unspecified atom stereocenters. The Morgan fingerprint density at radius 1 is 1.30 bits per heavy atom. The summed E-state index contributed by atoms with van der Waals surface area (Å²) in [5, 5.41) is 10.6. The zero-order valence-electron chi connectivity index (χ0n) is 15.9. The summed E-state index contributed by atoms with van der Waals surface area (Å²) in [6.45, 7) is 6.92. The van der Waals surface area contributed by atoms with E-state index in [1.54, 1.807) is 11.1 Å². The Kier molecular flexibility index (Phi) is 7.56. The number of benzene rings is 1. The highest BCUT2D eigenvalue weighted by Gasteiger charge is 2.17. The molecule has 0 spiro atoms. The molecule has 2 rings (SSSR count). The second kappa shape index (κ2) is 10.1. The van der Waals surface area contributed by atoms with Gasteiger partial charge in [0.1, 0.15) is 12.7 Å². The average Bonchev–Trinajstić information content (AvgIpc) is 2.68. The maximum absolute atomic E-state index is 12.3. The van der Waals surface area contributed by atoms with Crippen LogP contribution >= 0.6 is 0 Å². The van der Waals surface area contributed by atoms with Crippen LogP contribution in [0.15, 0.2) is 42.6 Å². The van der Waals surface area contributed by atoms with Crippen LogP contribution in [0.5, 0.6) is 0 Å². The first-order valence-electron chi connectivity index (χ1n) is 9.02. The first-order valence-corrected chi connectivity index (χ1v) is 9.02. The lowest BCUT2D eigenvalue weighted by atomic mass is 9.98. The first-order chi connectivity index (χ1) is 13.0. The fourth-order valence-corrected chi connectivity index (χ4v) is 2.61. The molecule has 0 aliphatic heterocycles. The standard InChI is InChI=1S/C20H25N5O2/c1-4-16(17-8-6-5-7-9-17)14-27-20(26)24-25(13-15(2)3)19-10-11-22-18(12-21)23-19/h5-11,15-16H,4,13-14H2,1-3H3,(H,24,26). The van der Waals surface area contributed by atoms with Crippen molar-refractivity contribution in [1.82, 2.24) is 15.4 Å². The summed E-state index contributed by atoms with van der Waals surface area (Å²) in [5.74, 6) is 0.895. The molecule has 0 saturated heterocycles. The highest BCUT2D eigenvalue weighted by molar-refractivity contribution is 5.69. The van der Waals surface area contributed by atoms with Gasteiger partial charge in [0.15, 0.2) is 5.82 Å². The van der Waals surface area contributed by atoms with Crippen LogP contribution in [0.1, 0.15) is 44.5 Å². The number of aromatic nitrogens is 2. The molecule has 0 aliphatic rings. The number of hydrogen-bond acceptors (Lipinski definition) is 6. The third-order valence-electron chi connectivity index (χ3n) is 3.97. The van der Waals surface area contributed by atoms with Crippen molar-refractivity contribution >= 4 is 11.9 Å². The molecule has 1 N–H and O–H groups in total. The van der Waals surface area contributed by atoms with Crippen LogP contribution in [0, 0.1) is 17.2 Å². The van der Waals surface area contributed by atoms with Crippen LogP contribution in [-0.4, -0.2) is 29.2 Å². The van der Waals surface area contributed by atoms with E-state index in [2.05, 4.69) is 22.3 Å². The van der Waals surface area contributed by atoms with Gasteiger partial charge in [-0.25, -0.2) is 15.2 Å². The van der Waals surface area contributed by atoms with E-state index in [4.69, 9.17) is 10.00 Å². The third kappa shape index (κ3) is 6.26. The molecule has 0 aliphatic carbocycles. The topological polar surface area (TPSA) is 91.1 Å². The van der Waals surface area contributed by atoms with Crippen LogP contribution in [0.3, 0.4) is 0 Å². The van der Waals surface area contributed by atoms with Crippen LogP contribution in [-0.2, 0) is 4.74 Å². The molecular weight excluding hydrogens is 342 g/mol. The normalized spacial score (nSPS) is 11.5. The molecule has 0 radical (unpaired) electrons. The molecule has 1 aromatic heterocycles. The Morgan fingerprint density at radius 2 is 2.04 bits per heavy atom. The Hall–Kier alpha value is -3.14. The third-order valence-corrected chi connectivity index (χ3v) is 3.97. The largest absolute Gasteiger partial charge is 0.448 e.